The summed E-state index contributed by atoms with van der Waals surface area (Å²) >= 11 is 2.51. The summed E-state index contributed by atoms with van der Waals surface area (Å²) in [6, 6.07) is 30.3. The number of rotatable bonds is 5. The van der Waals surface area contributed by atoms with Crippen LogP contribution < -0.4 is 0 Å². The van der Waals surface area contributed by atoms with Gasteiger partial charge in [-0.3, -0.25) is 0 Å². The Balaban J connectivity index is 1.82. The number of halogens is 1. The lowest BCUT2D eigenvalue weighted by molar-refractivity contribution is 0.814. The molecule has 0 fully saturated rings. The maximum atomic E-state index is 4.01. The zero-order chi connectivity index (χ0) is 19.8. The Morgan fingerprint density at radius 1 is 0.793 bits per heavy atom. The molecule has 0 saturated heterocycles. The standard InChI is InChI=1S/C26H21IN2/c1-2-16-28-23-15-9-7-13-21(23)25(27)26(28)24-17-20-12-6-8-14-22(20)29(24)18-19-10-4-3-5-11-19/h2-15,17H,1,16,18H2. The van der Waals surface area contributed by atoms with Crippen LogP contribution in [-0.2, 0) is 13.1 Å². The molecule has 0 N–H and O–H groups in total. The van der Waals surface area contributed by atoms with Crippen molar-refractivity contribution in [1.82, 2.24) is 9.13 Å². The van der Waals surface area contributed by atoms with Gasteiger partial charge in [0.1, 0.15) is 0 Å². The van der Waals surface area contributed by atoms with Crippen LogP contribution in [-0.4, -0.2) is 9.13 Å². The third kappa shape index (κ3) is 3.10. The number of allylic oxidation sites excluding steroid dienone is 1. The summed E-state index contributed by atoms with van der Waals surface area (Å²) in [5.74, 6) is 0. The van der Waals surface area contributed by atoms with E-state index in [2.05, 4.69) is 123 Å². The lowest BCUT2D eigenvalue weighted by Gasteiger charge is -2.14. The molecule has 29 heavy (non-hydrogen) atoms. The van der Waals surface area contributed by atoms with Crippen molar-refractivity contribution in [3.63, 3.8) is 0 Å². The van der Waals surface area contributed by atoms with Gasteiger partial charge in [-0.1, -0.05) is 72.8 Å². The zero-order valence-corrected chi connectivity index (χ0v) is 18.2. The topological polar surface area (TPSA) is 9.86 Å². The predicted molar refractivity (Wildman–Crippen MR) is 131 cm³/mol. The van der Waals surface area contributed by atoms with E-state index in [0.717, 1.165) is 13.1 Å². The van der Waals surface area contributed by atoms with E-state index in [1.54, 1.807) is 0 Å². The van der Waals surface area contributed by atoms with Crippen molar-refractivity contribution in [2.75, 3.05) is 0 Å². The number of hydrogen-bond donors (Lipinski definition) is 0. The Bertz CT molecular complexity index is 1330. The second-order valence-corrected chi connectivity index (χ2v) is 8.32. The Labute approximate surface area is 184 Å². The van der Waals surface area contributed by atoms with Gasteiger partial charge in [-0.15, -0.1) is 6.58 Å². The number of para-hydroxylation sites is 2. The van der Waals surface area contributed by atoms with Crippen molar-refractivity contribution in [2.24, 2.45) is 0 Å². The van der Waals surface area contributed by atoms with Gasteiger partial charge >= 0.3 is 0 Å². The summed E-state index contributed by atoms with van der Waals surface area (Å²) in [4.78, 5) is 0. The SMILES string of the molecule is C=CCn1c(-c2cc3ccccc3n2Cc2ccccc2)c(I)c2ccccc21. The molecule has 142 valence electrons. The molecule has 0 radical (unpaired) electrons. The lowest BCUT2D eigenvalue weighted by Crippen LogP contribution is -2.06. The number of hydrogen-bond acceptors (Lipinski definition) is 0. The molecule has 3 heteroatoms. The van der Waals surface area contributed by atoms with Gasteiger partial charge in [-0.25, -0.2) is 0 Å². The molecule has 0 aliphatic carbocycles. The number of benzene rings is 3. The smallest absolute Gasteiger partial charge is 0.0798 e. The van der Waals surface area contributed by atoms with Crippen LogP contribution in [0, 0.1) is 3.57 Å². The fourth-order valence-electron chi connectivity index (χ4n) is 4.17. The summed E-state index contributed by atoms with van der Waals surface area (Å²) < 4.78 is 6.12. The van der Waals surface area contributed by atoms with Crippen molar-refractivity contribution in [2.45, 2.75) is 13.1 Å². The summed E-state index contributed by atoms with van der Waals surface area (Å²) in [6.45, 7) is 5.64. The maximum absolute atomic E-state index is 4.01. The molecule has 2 aromatic heterocycles. The van der Waals surface area contributed by atoms with E-state index in [-0.39, 0.29) is 0 Å². The Kier molecular flexibility index (Phi) is 4.76. The average molecular weight is 488 g/mol. The highest BCUT2D eigenvalue weighted by Crippen LogP contribution is 2.38. The molecule has 0 aliphatic heterocycles. The van der Waals surface area contributed by atoms with Gasteiger partial charge in [0.2, 0.25) is 0 Å². The lowest BCUT2D eigenvalue weighted by atomic mass is 10.2. The first-order valence-electron chi connectivity index (χ1n) is 9.78. The van der Waals surface area contributed by atoms with Crippen LogP contribution in [0.25, 0.3) is 33.2 Å². The minimum atomic E-state index is 0.783. The van der Waals surface area contributed by atoms with Gasteiger partial charge in [0, 0.05) is 38.5 Å². The molecule has 0 saturated carbocycles. The van der Waals surface area contributed by atoms with Crippen molar-refractivity contribution >= 4 is 44.4 Å². The third-order valence-electron chi connectivity index (χ3n) is 5.46. The van der Waals surface area contributed by atoms with E-state index in [1.807, 2.05) is 6.08 Å². The van der Waals surface area contributed by atoms with Crippen molar-refractivity contribution in [3.05, 3.63) is 107 Å². The van der Waals surface area contributed by atoms with Crippen LogP contribution in [0.15, 0.2) is 97.6 Å². The molecule has 2 heterocycles. The molecule has 0 spiro atoms. The molecule has 0 bridgehead atoms. The van der Waals surface area contributed by atoms with E-state index < -0.39 is 0 Å². The van der Waals surface area contributed by atoms with Crippen LogP contribution in [0.4, 0.5) is 0 Å². The first-order valence-corrected chi connectivity index (χ1v) is 10.9. The largest absolute Gasteiger partial charge is 0.335 e. The summed E-state index contributed by atoms with van der Waals surface area (Å²) in [5.41, 5.74) is 6.33. The molecular weight excluding hydrogens is 467 g/mol. The number of nitrogens with zero attached hydrogens (tertiary/aromatic N) is 2. The Morgan fingerprint density at radius 2 is 1.48 bits per heavy atom. The number of fused-ring (bicyclic) bond motifs is 2. The minimum absolute atomic E-state index is 0.783. The van der Waals surface area contributed by atoms with Crippen molar-refractivity contribution in [3.8, 4) is 11.4 Å². The van der Waals surface area contributed by atoms with Gasteiger partial charge in [0.05, 0.1) is 11.4 Å². The molecule has 5 rings (SSSR count). The van der Waals surface area contributed by atoms with Gasteiger partial charge in [-0.05, 0) is 46.4 Å². The second-order valence-electron chi connectivity index (χ2n) is 7.24. The van der Waals surface area contributed by atoms with Crippen LogP contribution >= 0.6 is 22.6 Å². The van der Waals surface area contributed by atoms with E-state index in [1.165, 1.54) is 42.3 Å². The predicted octanol–water partition coefficient (Wildman–Crippen LogP) is 7.10. The van der Waals surface area contributed by atoms with Gasteiger partial charge in [0.25, 0.3) is 0 Å². The molecule has 2 nitrogen and oxygen atoms in total. The highest BCUT2D eigenvalue weighted by Gasteiger charge is 2.20. The molecule has 0 aliphatic rings. The van der Waals surface area contributed by atoms with Crippen molar-refractivity contribution in [1.29, 1.82) is 0 Å². The first kappa shape index (κ1) is 18.3. The summed E-state index contributed by atoms with van der Waals surface area (Å²) in [5, 5.41) is 2.56. The fourth-order valence-corrected chi connectivity index (χ4v) is 5.20. The Morgan fingerprint density at radius 3 is 2.28 bits per heavy atom. The first-order chi connectivity index (χ1) is 14.3. The van der Waals surface area contributed by atoms with E-state index >= 15 is 0 Å². The quantitative estimate of drug-likeness (QED) is 0.185. The summed E-state index contributed by atoms with van der Waals surface area (Å²) in [6.07, 6.45) is 1.98. The van der Waals surface area contributed by atoms with Gasteiger partial charge in [-0.2, -0.15) is 0 Å². The van der Waals surface area contributed by atoms with Gasteiger partial charge in [0.15, 0.2) is 0 Å². The van der Waals surface area contributed by atoms with Gasteiger partial charge < -0.3 is 9.13 Å². The molecule has 0 atom stereocenters. The molecule has 3 aromatic carbocycles. The normalized spacial score (nSPS) is 11.3. The Hall–Kier alpha value is -2.79. The van der Waals surface area contributed by atoms with Crippen LogP contribution in [0.2, 0.25) is 0 Å². The maximum Gasteiger partial charge on any atom is 0.0798 e. The van der Waals surface area contributed by atoms with Crippen LogP contribution in [0.3, 0.4) is 0 Å². The van der Waals surface area contributed by atoms with E-state index in [4.69, 9.17) is 0 Å². The molecule has 0 unspecified atom stereocenters. The molecule has 5 aromatic rings. The second kappa shape index (κ2) is 7.56. The highest BCUT2D eigenvalue weighted by atomic mass is 127. The number of aromatic nitrogens is 2. The minimum Gasteiger partial charge on any atom is -0.335 e. The fraction of sp³-hybridized carbons (Fsp3) is 0.0769. The van der Waals surface area contributed by atoms with E-state index in [0.29, 0.717) is 0 Å². The molecular formula is C26H21IN2. The average Bonchev–Trinajstić information content (AvgIpc) is 3.25. The highest BCUT2D eigenvalue weighted by molar-refractivity contribution is 14.1. The summed E-state index contributed by atoms with van der Waals surface area (Å²) in [7, 11) is 0. The molecule has 0 amide bonds. The van der Waals surface area contributed by atoms with Crippen LogP contribution in [0.5, 0.6) is 0 Å². The van der Waals surface area contributed by atoms with Crippen LogP contribution in [0.1, 0.15) is 5.56 Å². The zero-order valence-electron chi connectivity index (χ0n) is 16.1. The van der Waals surface area contributed by atoms with Crippen molar-refractivity contribution < 1.29 is 0 Å². The monoisotopic (exact) mass is 488 g/mol. The third-order valence-corrected chi connectivity index (χ3v) is 6.55. The van der Waals surface area contributed by atoms with E-state index in [9.17, 15) is 0 Å².